The van der Waals surface area contributed by atoms with Crippen LogP contribution in [0.2, 0.25) is 0 Å². The molecular weight excluding hydrogens is 426 g/mol. The molecule has 0 amide bonds. The van der Waals surface area contributed by atoms with Crippen molar-refractivity contribution in [2.45, 2.75) is 45.4 Å². The molecule has 1 atom stereocenters. The Balaban J connectivity index is 1.29. The molecule has 5 heteroatoms. The van der Waals surface area contributed by atoms with Crippen LogP contribution >= 0.6 is 0 Å². The maximum atomic E-state index is 11.1. The van der Waals surface area contributed by atoms with E-state index in [9.17, 15) is 9.90 Å². The van der Waals surface area contributed by atoms with Crippen LogP contribution < -0.4 is 4.74 Å². The zero-order chi connectivity index (χ0) is 23.9. The molecule has 0 radical (unpaired) electrons. The molecule has 174 valence electrons. The molecule has 4 rings (SSSR count). The van der Waals surface area contributed by atoms with Gasteiger partial charge in [-0.2, -0.15) is 0 Å². The predicted octanol–water partition coefficient (Wildman–Crippen LogP) is 5.11. The second kappa shape index (κ2) is 10.9. The fourth-order valence-corrected chi connectivity index (χ4v) is 4.30. The molecular formula is C29H29NO4. The zero-order valence-corrected chi connectivity index (χ0v) is 19.3. The molecule has 1 aliphatic rings. The van der Waals surface area contributed by atoms with Crippen LogP contribution in [0, 0.1) is 11.8 Å². The van der Waals surface area contributed by atoms with Crippen molar-refractivity contribution in [1.29, 1.82) is 0 Å². The Morgan fingerprint density at radius 3 is 2.47 bits per heavy atom. The molecule has 0 bridgehead atoms. The Kier molecular flexibility index (Phi) is 7.51. The third-order valence-corrected chi connectivity index (χ3v) is 6.10. The van der Waals surface area contributed by atoms with Crippen molar-refractivity contribution in [2.24, 2.45) is 0 Å². The van der Waals surface area contributed by atoms with Crippen molar-refractivity contribution in [3.63, 3.8) is 0 Å². The average molecular weight is 456 g/mol. The Labute approximate surface area is 200 Å². The van der Waals surface area contributed by atoms with Gasteiger partial charge in [0.1, 0.15) is 18.1 Å². The van der Waals surface area contributed by atoms with Crippen LogP contribution in [0.3, 0.4) is 0 Å². The molecule has 0 fully saturated rings. The lowest BCUT2D eigenvalue weighted by Crippen LogP contribution is -2.29. The van der Waals surface area contributed by atoms with Gasteiger partial charge in [-0.05, 0) is 65.4 Å². The smallest absolute Gasteiger partial charge is 0.304 e. The number of hydrogen-bond acceptors (Lipinski definition) is 4. The second-order valence-electron chi connectivity index (χ2n) is 8.63. The molecule has 3 aromatic carbocycles. The number of nitrogens with zero attached hydrogens (tertiary/aromatic N) is 1. The number of carboxylic acid groups (broad SMARTS) is 1. The molecule has 34 heavy (non-hydrogen) atoms. The first kappa shape index (κ1) is 23.4. The van der Waals surface area contributed by atoms with Gasteiger partial charge in [0, 0.05) is 19.6 Å². The van der Waals surface area contributed by atoms with Crippen molar-refractivity contribution in [1.82, 2.24) is 4.90 Å². The van der Waals surface area contributed by atoms with Crippen molar-refractivity contribution >= 4 is 5.97 Å². The van der Waals surface area contributed by atoms with Crippen molar-refractivity contribution < 1.29 is 19.7 Å². The number of ether oxygens (including phenoxy) is 1. The number of rotatable bonds is 8. The van der Waals surface area contributed by atoms with Crippen LogP contribution in [0.1, 0.15) is 47.1 Å². The second-order valence-corrected chi connectivity index (χ2v) is 8.63. The summed E-state index contributed by atoms with van der Waals surface area (Å²) in [5, 5.41) is 18.8. The summed E-state index contributed by atoms with van der Waals surface area (Å²) < 4.78 is 5.92. The molecule has 5 nitrogen and oxygen atoms in total. The molecule has 0 saturated heterocycles. The van der Waals surface area contributed by atoms with Crippen LogP contribution in [0.15, 0.2) is 66.7 Å². The van der Waals surface area contributed by atoms with Crippen molar-refractivity contribution in [3.8, 4) is 23.3 Å². The first-order chi connectivity index (χ1) is 16.5. The average Bonchev–Trinajstić information content (AvgIpc) is 2.83. The van der Waals surface area contributed by atoms with Crippen LogP contribution in [0.25, 0.3) is 0 Å². The van der Waals surface area contributed by atoms with Gasteiger partial charge < -0.3 is 14.9 Å². The molecule has 0 aromatic heterocycles. The SMILES string of the molecule is CC#CC(CC(=O)O)c1ccc(OCc2ccc(CN3CCc4cc(O)ccc4C3)cc2)cc1. The Morgan fingerprint density at radius 2 is 1.76 bits per heavy atom. The minimum Gasteiger partial charge on any atom is -0.508 e. The normalized spacial score (nSPS) is 13.9. The summed E-state index contributed by atoms with van der Waals surface area (Å²) in [5.74, 6) is 5.68. The molecule has 0 saturated carbocycles. The van der Waals surface area contributed by atoms with E-state index >= 15 is 0 Å². The largest absolute Gasteiger partial charge is 0.508 e. The highest BCUT2D eigenvalue weighted by Crippen LogP contribution is 2.25. The van der Waals surface area contributed by atoms with Gasteiger partial charge >= 0.3 is 5.97 Å². The van der Waals surface area contributed by atoms with E-state index in [0.717, 1.165) is 42.9 Å². The number of phenols is 1. The van der Waals surface area contributed by atoms with Crippen molar-refractivity contribution in [3.05, 3.63) is 94.5 Å². The molecule has 0 aliphatic carbocycles. The third-order valence-electron chi connectivity index (χ3n) is 6.10. The summed E-state index contributed by atoms with van der Waals surface area (Å²) in [6.07, 6.45) is 0.942. The highest BCUT2D eigenvalue weighted by atomic mass is 16.5. The number of fused-ring (bicyclic) bond motifs is 1. The van der Waals surface area contributed by atoms with Gasteiger partial charge in [0.2, 0.25) is 0 Å². The van der Waals surface area contributed by atoms with Gasteiger partial charge in [-0.15, -0.1) is 5.92 Å². The minimum absolute atomic E-state index is 0.0130. The highest BCUT2D eigenvalue weighted by molar-refractivity contribution is 5.69. The van der Waals surface area contributed by atoms with Gasteiger partial charge in [-0.1, -0.05) is 48.4 Å². The maximum Gasteiger partial charge on any atom is 0.304 e. The third kappa shape index (κ3) is 6.18. The summed E-state index contributed by atoms with van der Waals surface area (Å²) in [5.41, 5.74) is 5.76. The van der Waals surface area contributed by atoms with Crippen LogP contribution in [0.4, 0.5) is 0 Å². The highest BCUT2D eigenvalue weighted by Gasteiger charge is 2.17. The van der Waals surface area contributed by atoms with E-state index in [-0.39, 0.29) is 12.3 Å². The molecule has 2 N–H and O–H groups in total. The summed E-state index contributed by atoms with van der Waals surface area (Å²) in [6.45, 7) is 4.95. The van der Waals surface area contributed by atoms with E-state index in [4.69, 9.17) is 9.84 Å². The molecule has 0 spiro atoms. The Morgan fingerprint density at radius 1 is 1.03 bits per heavy atom. The monoisotopic (exact) mass is 455 g/mol. The Hall–Kier alpha value is -3.75. The number of aromatic hydroxyl groups is 1. The summed E-state index contributed by atoms with van der Waals surface area (Å²) in [4.78, 5) is 13.5. The summed E-state index contributed by atoms with van der Waals surface area (Å²) >= 11 is 0. The lowest BCUT2D eigenvalue weighted by atomic mass is 9.96. The first-order valence-electron chi connectivity index (χ1n) is 11.5. The van der Waals surface area contributed by atoms with E-state index in [2.05, 4.69) is 41.0 Å². The maximum absolute atomic E-state index is 11.1. The van der Waals surface area contributed by atoms with Crippen LogP contribution in [-0.4, -0.2) is 27.6 Å². The molecule has 1 heterocycles. The minimum atomic E-state index is -0.859. The quantitative estimate of drug-likeness (QED) is 0.462. The standard InChI is InChI=1S/C29H29NO4/c1-2-3-24(17-29(32)33)23-9-12-28(13-10-23)34-20-22-6-4-21(5-7-22)18-30-15-14-25-16-27(31)11-8-26(25)19-30/h4-13,16,24,31H,14-15,17-20H2,1H3,(H,32,33). The summed E-state index contributed by atoms with van der Waals surface area (Å²) in [7, 11) is 0. The lowest BCUT2D eigenvalue weighted by Gasteiger charge is -2.28. The number of hydrogen-bond donors (Lipinski definition) is 2. The Bertz CT molecular complexity index is 1190. The van der Waals surface area contributed by atoms with Crippen LogP contribution in [-0.2, 0) is 30.9 Å². The van der Waals surface area contributed by atoms with E-state index in [1.54, 1.807) is 13.0 Å². The van der Waals surface area contributed by atoms with E-state index in [1.807, 2.05) is 36.4 Å². The number of aliphatic carboxylic acids is 1. The number of carboxylic acids is 1. The van der Waals surface area contributed by atoms with E-state index in [1.165, 1.54) is 16.7 Å². The number of benzene rings is 3. The van der Waals surface area contributed by atoms with Gasteiger partial charge in [-0.25, -0.2) is 0 Å². The fraction of sp³-hybridized carbons (Fsp3) is 0.276. The van der Waals surface area contributed by atoms with E-state index in [0.29, 0.717) is 12.4 Å². The zero-order valence-electron chi connectivity index (χ0n) is 19.3. The topological polar surface area (TPSA) is 70.0 Å². The van der Waals surface area contributed by atoms with Gasteiger partial charge in [0.05, 0.1) is 12.3 Å². The number of phenolic OH excluding ortho intramolecular Hbond substituents is 1. The molecule has 1 unspecified atom stereocenters. The van der Waals surface area contributed by atoms with Gasteiger partial charge in [0.15, 0.2) is 0 Å². The molecule has 1 aliphatic heterocycles. The van der Waals surface area contributed by atoms with Gasteiger partial charge in [0.25, 0.3) is 0 Å². The number of carbonyl (C=O) groups is 1. The fourth-order valence-electron chi connectivity index (χ4n) is 4.30. The summed E-state index contributed by atoms with van der Waals surface area (Å²) in [6, 6.07) is 21.6. The lowest BCUT2D eigenvalue weighted by molar-refractivity contribution is -0.137. The van der Waals surface area contributed by atoms with Crippen LogP contribution in [0.5, 0.6) is 11.5 Å². The first-order valence-corrected chi connectivity index (χ1v) is 11.5. The van der Waals surface area contributed by atoms with Crippen molar-refractivity contribution in [2.75, 3.05) is 6.54 Å². The van der Waals surface area contributed by atoms with E-state index < -0.39 is 5.97 Å². The van der Waals surface area contributed by atoms with Gasteiger partial charge in [-0.3, -0.25) is 9.69 Å². The molecule has 3 aromatic rings. The predicted molar refractivity (Wildman–Crippen MR) is 132 cm³/mol.